The molecule has 0 saturated heterocycles. The van der Waals surface area contributed by atoms with Gasteiger partial charge in [-0.3, -0.25) is 4.79 Å². The highest BCUT2D eigenvalue weighted by Gasteiger charge is 2.19. The van der Waals surface area contributed by atoms with Crippen molar-refractivity contribution in [3.05, 3.63) is 17.0 Å². The topological polar surface area (TPSA) is 58.4 Å². The summed E-state index contributed by atoms with van der Waals surface area (Å²) in [4.78, 5) is 14.4. The second kappa shape index (κ2) is 8.04. The van der Waals surface area contributed by atoms with Gasteiger partial charge in [-0.2, -0.15) is 0 Å². The van der Waals surface area contributed by atoms with Crippen molar-refractivity contribution in [1.82, 2.24) is 15.4 Å². The average Bonchev–Trinajstić information content (AvgIpc) is 2.77. The molecule has 5 heteroatoms. The number of carbonyl (C=O) groups excluding carboxylic acids is 1. The van der Waals surface area contributed by atoms with Gasteiger partial charge in [0.1, 0.15) is 5.76 Å². The van der Waals surface area contributed by atoms with Gasteiger partial charge in [-0.25, -0.2) is 0 Å². The lowest BCUT2D eigenvalue weighted by Crippen LogP contribution is -2.41. The number of aryl methyl sites for hydroxylation is 1. The van der Waals surface area contributed by atoms with Crippen molar-refractivity contribution in [3.8, 4) is 0 Å². The van der Waals surface area contributed by atoms with Crippen molar-refractivity contribution >= 4 is 5.91 Å². The number of aromatic nitrogens is 1. The monoisotopic (exact) mass is 281 g/mol. The molecule has 1 rings (SSSR count). The van der Waals surface area contributed by atoms with Crippen LogP contribution in [0, 0.1) is 6.92 Å². The van der Waals surface area contributed by atoms with E-state index in [1.54, 1.807) is 0 Å². The molecule has 1 aromatic rings. The third kappa shape index (κ3) is 4.63. The summed E-state index contributed by atoms with van der Waals surface area (Å²) in [6, 6.07) is 0.0885. The first-order valence-electron chi connectivity index (χ1n) is 7.44. The fourth-order valence-electron chi connectivity index (χ4n) is 2.24. The number of nitrogens with zero attached hydrogens (tertiary/aromatic N) is 2. The Balaban J connectivity index is 2.50. The van der Waals surface area contributed by atoms with Crippen LogP contribution >= 0.6 is 0 Å². The number of rotatable bonds is 8. The van der Waals surface area contributed by atoms with Crippen LogP contribution in [0.15, 0.2) is 4.52 Å². The first kappa shape index (κ1) is 16.7. The number of hydrogen-bond donors (Lipinski definition) is 1. The van der Waals surface area contributed by atoms with Gasteiger partial charge < -0.3 is 14.7 Å². The second-order valence-electron chi connectivity index (χ2n) is 5.42. The molecule has 1 aromatic heterocycles. The predicted molar refractivity (Wildman–Crippen MR) is 80.0 cm³/mol. The molecule has 0 spiro atoms. The molecule has 0 bridgehead atoms. The van der Waals surface area contributed by atoms with Gasteiger partial charge in [-0.1, -0.05) is 25.4 Å². The molecule has 1 unspecified atom stereocenters. The fourth-order valence-corrected chi connectivity index (χ4v) is 2.24. The predicted octanol–water partition coefficient (Wildman–Crippen LogP) is 2.40. The largest absolute Gasteiger partial charge is 0.360 e. The summed E-state index contributed by atoms with van der Waals surface area (Å²) < 4.78 is 5.16. The molecule has 1 amide bonds. The van der Waals surface area contributed by atoms with Gasteiger partial charge in [0.2, 0.25) is 0 Å². The maximum Gasteiger partial charge on any atom is 0.274 e. The van der Waals surface area contributed by atoms with E-state index in [1.165, 1.54) is 12.8 Å². The minimum Gasteiger partial charge on any atom is -0.360 e. The van der Waals surface area contributed by atoms with Crippen LogP contribution in [0.4, 0.5) is 0 Å². The zero-order valence-corrected chi connectivity index (χ0v) is 13.3. The highest BCUT2D eigenvalue weighted by Crippen LogP contribution is 2.13. The molecule has 0 radical (unpaired) electrons. The Hall–Kier alpha value is -1.36. The summed E-state index contributed by atoms with van der Waals surface area (Å²) in [5, 5.41) is 6.85. The van der Waals surface area contributed by atoms with Crippen molar-refractivity contribution in [2.45, 2.75) is 53.0 Å². The van der Waals surface area contributed by atoms with Crippen molar-refractivity contribution in [2.75, 3.05) is 20.1 Å². The SMILES string of the molecule is CCCCN(C)CC(C)NC(=O)c1noc(CC)c1C. The molecule has 0 aliphatic rings. The summed E-state index contributed by atoms with van der Waals surface area (Å²) in [5.41, 5.74) is 1.25. The molecular formula is C15H27N3O2. The minimum absolute atomic E-state index is 0.0885. The lowest BCUT2D eigenvalue weighted by atomic mass is 10.1. The van der Waals surface area contributed by atoms with Gasteiger partial charge in [-0.05, 0) is 33.9 Å². The van der Waals surface area contributed by atoms with Crippen molar-refractivity contribution in [3.63, 3.8) is 0 Å². The number of hydrogen-bond acceptors (Lipinski definition) is 4. The Morgan fingerprint density at radius 3 is 2.70 bits per heavy atom. The summed E-state index contributed by atoms with van der Waals surface area (Å²) in [6.45, 7) is 9.94. The Morgan fingerprint density at radius 2 is 2.15 bits per heavy atom. The van der Waals surface area contributed by atoms with E-state index in [2.05, 4.69) is 29.3 Å². The fraction of sp³-hybridized carbons (Fsp3) is 0.733. The van der Waals surface area contributed by atoms with E-state index >= 15 is 0 Å². The summed E-state index contributed by atoms with van der Waals surface area (Å²) in [6.07, 6.45) is 3.11. The van der Waals surface area contributed by atoms with Gasteiger partial charge in [0.25, 0.3) is 5.91 Å². The first-order chi connectivity index (χ1) is 9.49. The number of unbranched alkanes of at least 4 members (excludes halogenated alkanes) is 1. The van der Waals surface area contributed by atoms with Crippen LogP contribution in [-0.4, -0.2) is 42.1 Å². The summed E-state index contributed by atoms with van der Waals surface area (Å²) in [7, 11) is 2.08. The Labute approximate surface area is 121 Å². The van der Waals surface area contributed by atoms with E-state index < -0.39 is 0 Å². The number of amides is 1. The van der Waals surface area contributed by atoms with Gasteiger partial charge in [0.05, 0.1) is 0 Å². The van der Waals surface area contributed by atoms with E-state index in [0.29, 0.717) is 5.69 Å². The molecule has 114 valence electrons. The minimum atomic E-state index is -0.151. The molecule has 1 N–H and O–H groups in total. The average molecular weight is 281 g/mol. The maximum absolute atomic E-state index is 12.1. The standard InChI is InChI=1S/C15H27N3O2/c1-6-8-9-18(5)10-11(3)16-15(19)14-12(4)13(7-2)20-17-14/h11H,6-10H2,1-5H3,(H,16,19). The van der Waals surface area contributed by atoms with Crippen molar-refractivity contribution in [2.24, 2.45) is 0 Å². The van der Waals surface area contributed by atoms with Crippen LogP contribution in [0.1, 0.15) is 55.4 Å². The lowest BCUT2D eigenvalue weighted by Gasteiger charge is -2.21. The van der Waals surface area contributed by atoms with E-state index in [0.717, 1.165) is 30.8 Å². The van der Waals surface area contributed by atoms with Crippen LogP contribution in [0.3, 0.4) is 0 Å². The van der Waals surface area contributed by atoms with Crippen LogP contribution in [0.5, 0.6) is 0 Å². The Morgan fingerprint density at radius 1 is 1.45 bits per heavy atom. The normalized spacial score (nSPS) is 12.7. The molecule has 5 nitrogen and oxygen atoms in total. The van der Waals surface area contributed by atoms with Crippen LogP contribution < -0.4 is 5.32 Å². The molecule has 0 fully saturated rings. The molecule has 1 atom stereocenters. The third-order valence-electron chi connectivity index (χ3n) is 3.41. The number of nitrogens with one attached hydrogen (secondary N) is 1. The van der Waals surface area contributed by atoms with Gasteiger partial charge in [0, 0.05) is 24.6 Å². The number of likely N-dealkylation sites (N-methyl/N-ethyl adjacent to an activating group) is 1. The summed E-state index contributed by atoms with van der Waals surface area (Å²) in [5.74, 6) is 0.630. The number of carbonyl (C=O) groups is 1. The first-order valence-corrected chi connectivity index (χ1v) is 7.44. The molecule has 0 aliphatic carbocycles. The van der Waals surface area contributed by atoms with Gasteiger partial charge in [0.15, 0.2) is 5.69 Å². The van der Waals surface area contributed by atoms with Crippen molar-refractivity contribution in [1.29, 1.82) is 0 Å². The molecule has 0 aromatic carbocycles. The van der Waals surface area contributed by atoms with Crippen molar-refractivity contribution < 1.29 is 9.32 Å². The quantitative estimate of drug-likeness (QED) is 0.795. The van der Waals surface area contributed by atoms with Crippen LogP contribution in [0.25, 0.3) is 0 Å². The molecule has 0 saturated carbocycles. The molecule has 20 heavy (non-hydrogen) atoms. The smallest absolute Gasteiger partial charge is 0.274 e. The zero-order chi connectivity index (χ0) is 15.1. The zero-order valence-electron chi connectivity index (χ0n) is 13.3. The third-order valence-corrected chi connectivity index (χ3v) is 3.41. The van der Waals surface area contributed by atoms with Gasteiger partial charge in [-0.15, -0.1) is 0 Å². The van der Waals surface area contributed by atoms with Crippen LogP contribution in [0.2, 0.25) is 0 Å². The molecular weight excluding hydrogens is 254 g/mol. The Bertz CT molecular complexity index is 429. The van der Waals surface area contributed by atoms with E-state index in [1.807, 2.05) is 20.8 Å². The lowest BCUT2D eigenvalue weighted by molar-refractivity contribution is 0.0922. The maximum atomic E-state index is 12.1. The highest BCUT2D eigenvalue weighted by atomic mass is 16.5. The van der Waals surface area contributed by atoms with Gasteiger partial charge >= 0.3 is 0 Å². The van der Waals surface area contributed by atoms with E-state index in [4.69, 9.17) is 4.52 Å². The van der Waals surface area contributed by atoms with E-state index in [9.17, 15) is 4.79 Å². The highest BCUT2D eigenvalue weighted by molar-refractivity contribution is 5.93. The van der Waals surface area contributed by atoms with Crippen LogP contribution in [-0.2, 0) is 6.42 Å². The molecule has 1 heterocycles. The molecule has 0 aliphatic heterocycles. The Kier molecular flexibility index (Phi) is 6.71. The second-order valence-corrected chi connectivity index (χ2v) is 5.42. The van der Waals surface area contributed by atoms with E-state index in [-0.39, 0.29) is 11.9 Å². The summed E-state index contributed by atoms with van der Waals surface area (Å²) >= 11 is 0.